The number of likely N-dealkylation sites (tertiary alicyclic amines) is 1. The standard InChI is InChI=1S/C13H18N2O3S/c1-9-11(4-7-19-9)12(16)14-8-10-2-5-15(6-3-10)13(17)18/h4,7,10H,2-3,5-6,8H2,1H3,(H,14,16)(H,17,18). The number of amides is 2. The molecule has 0 radical (unpaired) electrons. The number of nitrogens with zero attached hydrogens (tertiary/aromatic N) is 1. The normalized spacial score (nSPS) is 16.4. The molecule has 2 N–H and O–H groups in total. The second-order valence-corrected chi connectivity index (χ2v) is 5.93. The highest BCUT2D eigenvalue weighted by molar-refractivity contribution is 7.10. The highest BCUT2D eigenvalue weighted by Gasteiger charge is 2.22. The molecule has 19 heavy (non-hydrogen) atoms. The Bertz CT molecular complexity index is 464. The predicted octanol–water partition coefficient (Wildman–Crippen LogP) is 2.18. The first kappa shape index (κ1) is 13.9. The van der Waals surface area contributed by atoms with Crippen LogP contribution >= 0.6 is 11.3 Å². The molecule has 1 aliphatic heterocycles. The molecule has 1 saturated heterocycles. The Labute approximate surface area is 116 Å². The number of hydrogen-bond acceptors (Lipinski definition) is 3. The molecule has 0 saturated carbocycles. The first-order valence-electron chi connectivity index (χ1n) is 6.38. The Morgan fingerprint density at radius 3 is 2.68 bits per heavy atom. The van der Waals surface area contributed by atoms with Gasteiger partial charge in [-0.25, -0.2) is 4.79 Å². The third kappa shape index (κ3) is 3.47. The molecular weight excluding hydrogens is 264 g/mol. The molecule has 6 heteroatoms. The van der Waals surface area contributed by atoms with Crippen LogP contribution in [0.3, 0.4) is 0 Å². The van der Waals surface area contributed by atoms with Gasteiger partial charge in [-0.05, 0) is 37.1 Å². The third-order valence-corrected chi connectivity index (χ3v) is 4.39. The number of piperidine rings is 1. The van der Waals surface area contributed by atoms with Gasteiger partial charge in [-0.3, -0.25) is 4.79 Å². The monoisotopic (exact) mass is 282 g/mol. The van der Waals surface area contributed by atoms with Crippen molar-refractivity contribution in [1.29, 1.82) is 0 Å². The zero-order valence-electron chi connectivity index (χ0n) is 10.9. The molecule has 104 valence electrons. The van der Waals surface area contributed by atoms with Crippen LogP contribution in [0.15, 0.2) is 11.4 Å². The first-order chi connectivity index (χ1) is 9.08. The molecule has 0 unspecified atom stereocenters. The van der Waals surface area contributed by atoms with Crippen LogP contribution in [0.5, 0.6) is 0 Å². The van der Waals surface area contributed by atoms with Crippen molar-refractivity contribution in [1.82, 2.24) is 10.2 Å². The van der Waals surface area contributed by atoms with E-state index >= 15 is 0 Å². The smallest absolute Gasteiger partial charge is 0.407 e. The van der Waals surface area contributed by atoms with Crippen molar-refractivity contribution in [2.45, 2.75) is 19.8 Å². The van der Waals surface area contributed by atoms with E-state index in [4.69, 9.17) is 5.11 Å². The van der Waals surface area contributed by atoms with Crippen LogP contribution in [0.2, 0.25) is 0 Å². The van der Waals surface area contributed by atoms with Crippen LogP contribution in [-0.2, 0) is 0 Å². The summed E-state index contributed by atoms with van der Waals surface area (Å²) in [6.45, 7) is 3.69. The lowest BCUT2D eigenvalue weighted by Gasteiger charge is -2.29. The molecule has 0 spiro atoms. The van der Waals surface area contributed by atoms with Gasteiger partial charge in [-0.1, -0.05) is 0 Å². The quantitative estimate of drug-likeness (QED) is 0.892. The maximum Gasteiger partial charge on any atom is 0.407 e. The van der Waals surface area contributed by atoms with E-state index in [1.165, 1.54) is 4.90 Å². The van der Waals surface area contributed by atoms with E-state index in [2.05, 4.69) is 5.32 Å². The number of carbonyl (C=O) groups excluding carboxylic acids is 1. The summed E-state index contributed by atoms with van der Waals surface area (Å²) >= 11 is 1.56. The highest BCUT2D eigenvalue weighted by Crippen LogP contribution is 2.18. The van der Waals surface area contributed by atoms with Crippen LogP contribution < -0.4 is 5.32 Å². The number of thiophene rings is 1. The molecule has 1 aromatic heterocycles. The average molecular weight is 282 g/mol. The van der Waals surface area contributed by atoms with Crippen molar-refractivity contribution < 1.29 is 14.7 Å². The second-order valence-electron chi connectivity index (χ2n) is 4.81. The zero-order valence-corrected chi connectivity index (χ0v) is 11.7. The van der Waals surface area contributed by atoms with Gasteiger partial charge in [0.2, 0.25) is 0 Å². The van der Waals surface area contributed by atoms with Crippen molar-refractivity contribution in [2.24, 2.45) is 5.92 Å². The molecule has 0 bridgehead atoms. The Morgan fingerprint density at radius 2 is 2.16 bits per heavy atom. The summed E-state index contributed by atoms with van der Waals surface area (Å²) < 4.78 is 0. The summed E-state index contributed by atoms with van der Waals surface area (Å²) in [4.78, 5) is 25.2. The summed E-state index contributed by atoms with van der Waals surface area (Å²) in [5.74, 6) is 0.345. The number of carbonyl (C=O) groups is 2. The molecule has 2 amide bonds. The molecule has 1 aromatic rings. The Hall–Kier alpha value is -1.56. The van der Waals surface area contributed by atoms with E-state index < -0.39 is 6.09 Å². The van der Waals surface area contributed by atoms with Crippen molar-refractivity contribution in [3.05, 3.63) is 21.9 Å². The summed E-state index contributed by atoms with van der Waals surface area (Å²) in [6, 6.07) is 1.84. The molecule has 0 aliphatic carbocycles. The minimum atomic E-state index is -0.851. The molecule has 2 heterocycles. The number of aryl methyl sites for hydroxylation is 1. The van der Waals surface area contributed by atoms with Crippen LogP contribution in [-0.4, -0.2) is 41.6 Å². The van der Waals surface area contributed by atoms with Crippen LogP contribution in [0.25, 0.3) is 0 Å². The van der Waals surface area contributed by atoms with E-state index in [9.17, 15) is 9.59 Å². The SMILES string of the molecule is Cc1sccc1C(=O)NCC1CCN(C(=O)O)CC1. The fraction of sp³-hybridized carbons (Fsp3) is 0.538. The fourth-order valence-corrected chi connectivity index (χ4v) is 2.98. The lowest BCUT2D eigenvalue weighted by molar-refractivity contribution is 0.0928. The van der Waals surface area contributed by atoms with Gasteiger partial charge in [-0.15, -0.1) is 11.3 Å². The van der Waals surface area contributed by atoms with Gasteiger partial charge >= 0.3 is 6.09 Å². The molecule has 5 nitrogen and oxygen atoms in total. The number of carboxylic acid groups (broad SMARTS) is 1. The maximum absolute atomic E-state index is 11.9. The van der Waals surface area contributed by atoms with Crippen LogP contribution in [0, 0.1) is 12.8 Å². The average Bonchev–Trinajstić information content (AvgIpc) is 2.83. The molecule has 1 aliphatic rings. The number of nitrogens with one attached hydrogen (secondary N) is 1. The summed E-state index contributed by atoms with van der Waals surface area (Å²) in [5.41, 5.74) is 0.743. The van der Waals surface area contributed by atoms with E-state index in [1.807, 2.05) is 18.4 Å². The van der Waals surface area contributed by atoms with Crippen LogP contribution in [0.4, 0.5) is 4.79 Å². The summed E-state index contributed by atoms with van der Waals surface area (Å²) in [7, 11) is 0. The minimum Gasteiger partial charge on any atom is -0.465 e. The zero-order chi connectivity index (χ0) is 13.8. The molecular formula is C13H18N2O3S. The van der Waals surface area contributed by atoms with Gasteiger partial charge < -0.3 is 15.3 Å². The van der Waals surface area contributed by atoms with Crippen molar-refractivity contribution in [3.8, 4) is 0 Å². The van der Waals surface area contributed by atoms with E-state index in [0.29, 0.717) is 25.6 Å². The predicted molar refractivity (Wildman–Crippen MR) is 73.7 cm³/mol. The summed E-state index contributed by atoms with van der Waals surface area (Å²) in [5, 5.41) is 13.7. The van der Waals surface area contributed by atoms with Crippen molar-refractivity contribution in [2.75, 3.05) is 19.6 Å². The van der Waals surface area contributed by atoms with Gasteiger partial charge in [-0.2, -0.15) is 0 Å². The van der Waals surface area contributed by atoms with E-state index in [-0.39, 0.29) is 5.91 Å². The molecule has 1 fully saturated rings. The summed E-state index contributed by atoms with van der Waals surface area (Å²) in [6.07, 6.45) is 0.779. The largest absolute Gasteiger partial charge is 0.465 e. The van der Waals surface area contributed by atoms with E-state index in [1.54, 1.807) is 11.3 Å². The lowest BCUT2D eigenvalue weighted by atomic mass is 9.97. The van der Waals surface area contributed by atoms with E-state index in [0.717, 1.165) is 23.3 Å². The van der Waals surface area contributed by atoms with Gasteiger partial charge in [0.05, 0.1) is 5.56 Å². The van der Waals surface area contributed by atoms with Gasteiger partial charge in [0.15, 0.2) is 0 Å². The highest BCUT2D eigenvalue weighted by atomic mass is 32.1. The topological polar surface area (TPSA) is 69.6 Å². The molecule has 2 rings (SSSR count). The Kier molecular flexibility index (Phi) is 4.42. The minimum absolute atomic E-state index is 0.0283. The molecule has 0 aromatic carbocycles. The van der Waals surface area contributed by atoms with Crippen molar-refractivity contribution in [3.63, 3.8) is 0 Å². The molecule has 0 atom stereocenters. The first-order valence-corrected chi connectivity index (χ1v) is 7.26. The Morgan fingerprint density at radius 1 is 1.47 bits per heavy atom. The fourth-order valence-electron chi connectivity index (χ4n) is 2.28. The van der Waals surface area contributed by atoms with Gasteiger partial charge in [0.25, 0.3) is 5.91 Å². The lowest BCUT2D eigenvalue weighted by Crippen LogP contribution is -2.40. The van der Waals surface area contributed by atoms with Gasteiger partial charge in [0.1, 0.15) is 0 Å². The second kappa shape index (κ2) is 6.06. The third-order valence-electron chi connectivity index (χ3n) is 3.54. The van der Waals surface area contributed by atoms with Gasteiger partial charge in [0, 0.05) is 24.5 Å². The number of hydrogen-bond donors (Lipinski definition) is 2. The maximum atomic E-state index is 11.9. The van der Waals surface area contributed by atoms with Crippen molar-refractivity contribution >= 4 is 23.3 Å². The number of rotatable bonds is 3. The Balaban J connectivity index is 1.77. The van der Waals surface area contributed by atoms with Crippen LogP contribution in [0.1, 0.15) is 28.1 Å².